The zero-order chi connectivity index (χ0) is 15.1. The Hall–Kier alpha value is -1.54. The van der Waals surface area contributed by atoms with E-state index in [1.54, 1.807) is 6.07 Å². The molecule has 0 fully saturated rings. The van der Waals surface area contributed by atoms with Gasteiger partial charge < -0.3 is 4.74 Å². The van der Waals surface area contributed by atoms with Gasteiger partial charge >= 0.3 is 0 Å². The van der Waals surface area contributed by atoms with Gasteiger partial charge in [0, 0.05) is 0 Å². The Kier molecular flexibility index (Phi) is 6.06. The van der Waals surface area contributed by atoms with Crippen molar-refractivity contribution in [3.63, 3.8) is 0 Å². The first-order valence-electron chi connectivity index (χ1n) is 7.30. The fraction of sp³-hybridized carbons (Fsp3) is 0.333. The van der Waals surface area contributed by atoms with Crippen LogP contribution in [0.25, 0.3) is 0 Å². The summed E-state index contributed by atoms with van der Waals surface area (Å²) in [5, 5.41) is -0.170. The molecule has 3 heteroatoms. The number of hydrogen-bond acceptors (Lipinski definition) is 1. The van der Waals surface area contributed by atoms with E-state index in [9.17, 15) is 4.39 Å². The van der Waals surface area contributed by atoms with Crippen molar-refractivity contribution in [2.75, 3.05) is 6.61 Å². The smallest absolute Gasteiger partial charge is 0.123 e. The van der Waals surface area contributed by atoms with Crippen molar-refractivity contribution in [2.24, 2.45) is 0 Å². The van der Waals surface area contributed by atoms with E-state index in [2.05, 4.69) is 6.92 Å². The van der Waals surface area contributed by atoms with Crippen molar-refractivity contribution < 1.29 is 9.13 Å². The highest BCUT2D eigenvalue weighted by Gasteiger charge is 2.09. The summed E-state index contributed by atoms with van der Waals surface area (Å²) in [6.07, 6.45) is 2.78. The first-order valence-corrected chi connectivity index (χ1v) is 7.74. The number of halogens is 2. The van der Waals surface area contributed by atoms with Gasteiger partial charge in [0.25, 0.3) is 0 Å². The van der Waals surface area contributed by atoms with Crippen LogP contribution in [0.2, 0.25) is 0 Å². The van der Waals surface area contributed by atoms with Crippen LogP contribution in [-0.4, -0.2) is 6.61 Å². The molecule has 112 valence electrons. The molecule has 21 heavy (non-hydrogen) atoms. The minimum atomic E-state index is -0.226. The Balaban J connectivity index is 1.94. The lowest BCUT2D eigenvalue weighted by Gasteiger charge is -2.11. The number of benzene rings is 2. The summed E-state index contributed by atoms with van der Waals surface area (Å²) in [6.45, 7) is 2.88. The maximum absolute atomic E-state index is 13.2. The van der Waals surface area contributed by atoms with E-state index in [0.717, 1.165) is 36.3 Å². The van der Waals surface area contributed by atoms with Gasteiger partial charge in [0.1, 0.15) is 11.6 Å². The van der Waals surface area contributed by atoms with Crippen LogP contribution in [0.15, 0.2) is 48.5 Å². The fourth-order valence-electron chi connectivity index (χ4n) is 2.10. The largest absolute Gasteiger partial charge is 0.494 e. The molecule has 0 aromatic heterocycles. The number of rotatable bonds is 7. The molecule has 0 aliphatic carbocycles. The number of alkyl halides is 1. The van der Waals surface area contributed by atoms with E-state index < -0.39 is 0 Å². The Labute approximate surface area is 130 Å². The van der Waals surface area contributed by atoms with Crippen LogP contribution < -0.4 is 4.74 Å². The Bertz CT molecular complexity index is 553. The molecule has 1 nitrogen and oxygen atoms in total. The second kappa shape index (κ2) is 8.04. The van der Waals surface area contributed by atoms with Crippen LogP contribution in [-0.2, 0) is 6.42 Å². The monoisotopic (exact) mass is 306 g/mol. The minimum absolute atomic E-state index is 0.170. The van der Waals surface area contributed by atoms with Crippen LogP contribution in [0.4, 0.5) is 4.39 Å². The summed E-state index contributed by atoms with van der Waals surface area (Å²) in [5.74, 6) is 0.637. The van der Waals surface area contributed by atoms with Gasteiger partial charge in [-0.3, -0.25) is 0 Å². The van der Waals surface area contributed by atoms with Crippen molar-refractivity contribution in [1.82, 2.24) is 0 Å². The van der Waals surface area contributed by atoms with Crippen molar-refractivity contribution in [3.8, 4) is 5.75 Å². The summed E-state index contributed by atoms with van der Waals surface area (Å²) >= 11 is 6.41. The summed E-state index contributed by atoms with van der Waals surface area (Å²) in [4.78, 5) is 0. The molecular formula is C18H20ClFO. The van der Waals surface area contributed by atoms with Gasteiger partial charge in [0.2, 0.25) is 0 Å². The van der Waals surface area contributed by atoms with Gasteiger partial charge in [0.15, 0.2) is 0 Å². The maximum atomic E-state index is 13.2. The van der Waals surface area contributed by atoms with Crippen LogP contribution in [0, 0.1) is 5.82 Å². The van der Waals surface area contributed by atoms with E-state index in [-0.39, 0.29) is 11.2 Å². The molecule has 0 heterocycles. The third-order valence-electron chi connectivity index (χ3n) is 3.31. The Morgan fingerprint density at radius 2 is 1.90 bits per heavy atom. The molecule has 0 aliphatic heterocycles. The predicted molar refractivity (Wildman–Crippen MR) is 85.5 cm³/mol. The quantitative estimate of drug-likeness (QED) is 0.483. The third kappa shape index (κ3) is 5.05. The summed E-state index contributed by atoms with van der Waals surface area (Å²) < 4.78 is 18.8. The van der Waals surface area contributed by atoms with E-state index >= 15 is 0 Å². The van der Waals surface area contributed by atoms with Crippen LogP contribution in [0.5, 0.6) is 5.75 Å². The fourth-order valence-corrected chi connectivity index (χ4v) is 2.42. The lowest BCUT2D eigenvalue weighted by atomic mass is 10.0. The SMILES string of the molecule is CCCCOc1ccc(C(Cl)Cc2cccc(F)c2)cc1. The lowest BCUT2D eigenvalue weighted by Crippen LogP contribution is -1.98. The molecule has 0 amide bonds. The third-order valence-corrected chi connectivity index (χ3v) is 3.72. The molecule has 0 radical (unpaired) electrons. The second-order valence-electron chi connectivity index (χ2n) is 5.07. The molecule has 0 spiro atoms. The lowest BCUT2D eigenvalue weighted by molar-refractivity contribution is 0.309. The van der Waals surface area contributed by atoms with E-state index in [4.69, 9.17) is 16.3 Å². The van der Waals surface area contributed by atoms with Crippen molar-refractivity contribution in [1.29, 1.82) is 0 Å². The van der Waals surface area contributed by atoms with Crippen LogP contribution in [0.3, 0.4) is 0 Å². The second-order valence-corrected chi connectivity index (χ2v) is 5.60. The number of ether oxygens (including phenoxy) is 1. The molecule has 2 aromatic carbocycles. The normalized spacial score (nSPS) is 12.1. The predicted octanol–water partition coefficient (Wildman–Crippen LogP) is 5.53. The first-order chi connectivity index (χ1) is 10.2. The van der Waals surface area contributed by atoms with Gasteiger partial charge in [-0.25, -0.2) is 4.39 Å². The van der Waals surface area contributed by atoms with Gasteiger partial charge in [-0.05, 0) is 48.2 Å². The molecule has 0 saturated carbocycles. The summed E-state index contributed by atoms with van der Waals surface area (Å²) in [7, 11) is 0. The van der Waals surface area contributed by atoms with E-state index in [0.29, 0.717) is 6.42 Å². The molecular weight excluding hydrogens is 287 g/mol. The number of unbranched alkanes of at least 4 members (excludes halogenated alkanes) is 1. The summed E-state index contributed by atoms with van der Waals surface area (Å²) in [6, 6.07) is 14.4. The van der Waals surface area contributed by atoms with Gasteiger partial charge in [-0.2, -0.15) is 0 Å². The minimum Gasteiger partial charge on any atom is -0.494 e. The highest BCUT2D eigenvalue weighted by molar-refractivity contribution is 6.20. The van der Waals surface area contributed by atoms with E-state index in [1.165, 1.54) is 12.1 Å². The molecule has 0 saturated heterocycles. The average molecular weight is 307 g/mol. The Morgan fingerprint density at radius 1 is 1.14 bits per heavy atom. The van der Waals surface area contributed by atoms with Crippen LogP contribution in [0.1, 0.15) is 36.3 Å². The molecule has 1 unspecified atom stereocenters. The standard InChI is InChI=1S/C18H20ClFO/c1-2-3-11-21-17-9-7-15(8-10-17)18(19)13-14-5-4-6-16(20)12-14/h4-10,12,18H,2-3,11,13H2,1H3. The molecule has 2 rings (SSSR count). The van der Waals surface area contributed by atoms with Crippen molar-refractivity contribution >= 4 is 11.6 Å². The average Bonchev–Trinajstić information content (AvgIpc) is 2.48. The van der Waals surface area contributed by atoms with Gasteiger partial charge in [-0.1, -0.05) is 37.6 Å². The van der Waals surface area contributed by atoms with Crippen molar-refractivity contribution in [2.45, 2.75) is 31.6 Å². The topological polar surface area (TPSA) is 9.23 Å². The molecule has 0 N–H and O–H groups in total. The van der Waals surface area contributed by atoms with Crippen molar-refractivity contribution in [3.05, 3.63) is 65.5 Å². The Morgan fingerprint density at radius 3 is 2.57 bits per heavy atom. The highest BCUT2D eigenvalue weighted by atomic mass is 35.5. The van der Waals surface area contributed by atoms with E-state index in [1.807, 2.05) is 30.3 Å². The zero-order valence-corrected chi connectivity index (χ0v) is 12.9. The molecule has 0 bridgehead atoms. The molecule has 2 aromatic rings. The number of hydrogen-bond donors (Lipinski definition) is 0. The molecule has 0 aliphatic rings. The molecule has 1 atom stereocenters. The highest BCUT2D eigenvalue weighted by Crippen LogP contribution is 2.27. The first kappa shape index (κ1) is 15.8. The maximum Gasteiger partial charge on any atom is 0.123 e. The van der Waals surface area contributed by atoms with Gasteiger partial charge in [0.05, 0.1) is 12.0 Å². The van der Waals surface area contributed by atoms with Crippen LogP contribution >= 0.6 is 11.6 Å². The van der Waals surface area contributed by atoms with Gasteiger partial charge in [-0.15, -0.1) is 11.6 Å². The summed E-state index contributed by atoms with van der Waals surface area (Å²) in [5.41, 5.74) is 1.92. The zero-order valence-electron chi connectivity index (χ0n) is 12.2.